The molecule has 0 heterocycles. The number of aryl methyl sites for hydroxylation is 1. The van der Waals surface area contributed by atoms with Crippen LogP contribution in [0.1, 0.15) is 23.5 Å². The van der Waals surface area contributed by atoms with E-state index >= 15 is 0 Å². The van der Waals surface area contributed by atoms with E-state index in [1.165, 1.54) is 12.1 Å². The van der Waals surface area contributed by atoms with Gasteiger partial charge in [0, 0.05) is 11.6 Å². The fourth-order valence-electron chi connectivity index (χ4n) is 3.77. The Morgan fingerprint density at radius 2 is 1.89 bits per heavy atom. The van der Waals surface area contributed by atoms with E-state index in [0.717, 1.165) is 17.5 Å². The number of ether oxygens (including phenoxy) is 1. The third-order valence-electron chi connectivity index (χ3n) is 5.14. The SMILES string of the molecule is NC1CCc2ccc(Oc3ccccc3-c3cccc(F)c3)cc2C1C(=O)O. The van der Waals surface area contributed by atoms with Crippen LogP contribution in [0.15, 0.2) is 66.7 Å². The number of carboxylic acids is 1. The van der Waals surface area contributed by atoms with Crippen molar-refractivity contribution in [2.45, 2.75) is 24.8 Å². The zero-order valence-electron chi connectivity index (χ0n) is 15.1. The van der Waals surface area contributed by atoms with Crippen molar-refractivity contribution >= 4 is 5.97 Å². The van der Waals surface area contributed by atoms with Crippen molar-refractivity contribution in [1.82, 2.24) is 0 Å². The maximum Gasteiger partial charge on any atom is 0.312 e. The lowest BCUT2D eigenvalue weighted by Crippen LogP contribution is -2.37. The van der Waals surface area contributed by atoms with Crippen LogP contribution in [0.2, 0.25) is 0 Å². The Morgan fingerprint density at radius 1 is 1.07 bits per heavy atom. The van der Waals surface area contributed by atoms with E-state index in [4.69, 9.17) is 10.5 Å². The Balaban J connectivity index is 1.71. The minimum Gasteiger partial charge on any atom is -0.481 e. The van der Waals surface area contributed by atoms with E-state index in [2.05, 4.69) is 0 Å². The lowest BCUT2D eigenvalue weighted by atomic mass is 9.79. The molecule has 28 heavy (non-hydrogen) atoms. The Bertz CT molecular complexity index is 1030. The van der Waals surface area contributed by atoms with Crippen LogP contribution < -0.4 is 10.5 Å². The van der Waals surface area contributed by atoms with Gasteiger partial charge in [-0.2, -0.15) is 0 Å². The van der Waals surface area contributed by atoms with Gasteiger partial charge in [0.05, 0.1) is 5.92 Å². The molecule has 5 heteroatoms. The smallest absolute Gasteiger partial charge is 0.312 e. The molecule has 3 N–H and O–H groups in total. The van der Waals surface area contributed by atoms with Crippen molar-refractivity contribution in [2.75, 3.05) is 0 Å². The number of halogens is 1. The minimum atomic E-state index is -0.925. The highest BCUT2D eigenvalue weighted by Gasteiger charge is 2.33. The number of aliphatic carboxylic acids is 1. The van der Waals surface area contributed by atoms with E-state index < -0.39 is 17.9 Å². The van der Waals surface area contributed by atoms with E-state index in [1.54, 1.807) is 18.2 Å². The maximum absolute atomic E-state index is 13.6. The van der Waals surface area contributed by atoms with Gasteiger partial charge < -0.3 is 15.6 Å². The summed E-state index contributed by atoms with van der Waals surface area (Å²) in [7, 11) is 0. The number of rotatable bonds is 4. The monoisotopic (exact) mass is 377 g/mol. The number of hydrogen-bond acceptors (Lipinski definition) is 3. The maximum atomic E-state index is 13.6. The summed E-state index contributed by atoms with van der Waals surface area (Å²) in [5.74, 6) is -0.890. The molecule has 1 aliphatic rings. The van der Waals surface area contributed by atoms with Crippen LogP contribution in [0, 0.1) is 5.82 Å². The minimum absolute atomic E-state index is 0.320. The van der Waals surface area contributed by atoms with Crippen molar-refractivity contribution < 1.29 is 19.0 Å². The Morgan fingerprint density at radius 3 is 2.68 bits per heavy atom. The average molecular weight is 377 g/mol. The third kappa shape index (κ3) is 3.49. The molecule has 0 aliphatic heterocycles. The molecule has 0 aromatic heterocycles. The first-order chi connectivity index (χ1) is 13.5. The van der Waals surface area contributed by atoms with E-state index in [-0.39, 0.29) is 5.82 Å². The molecule has 2 atom stereocenters. The van der Waals surface area contributed by atoms with Crippen LogP contribution in [-0.2, 0) is 11.2 Å². The molecule has 3 aromatic carbocycles. The van der Waals surface area contributed by atoms with Crippen molar-refractivity contribution in [2.24, 2.45) is 5.73 Å². The van der Waals surface area contributed by atoms with Crippen LogP contribution in [-0.4, -0.2) is 17.1 Å². The van der Waals surface area contributed by atoms with Crippen LogP contribution in [0.3, 0.4) is 0 Å². The number of hydrogen-bond donors (Lipinski definition) is 2. The Kier molecular flexibility index (Phi) is 4.84. The molecular weight excluding hydrogens is 357 g/mol. The zero-order chi connectivity index (χ0) is 19.7. The van der Waals surface area contributed by atoms with Gasteiger partial charge in [-0.05, 0) is 59.9 Å². The van der Waals surface area contributed by atoms with Crippen molar-refractivity contribution in [3.63, 3.8) is 0 Å². The molecule has 4 nitrogen and oxygen atoms in total. The normalized spacial score (nSPS) is 18.4. The van der Waals surface area contributed by atoms with Gasteiger partial charge in [-0.25, -0.2) is 4.39 Å². The number of benzene rings is 3. The van der Waals surface area contributed by atoms with E-state index in [0.29, 0.717) is 29.0 Å². The summed E-state index contributed by atoms with van der Waals surface area (Å²) >= 11 is 0. The van der Waals surface area contributed by atoms with Crippen LogP contribution in [0.25, 0.3) is 11.1 Å². The number of carboxylic acid groups (broad SMARTS) is 1. The van der Waals surface area contributed by atoms with Gasteiger partial charge in [0.25, 0.3) is 0 Å². The first kappa shape index (κ1) is 18.2. The molecule has 0 radical (unpaired) electrons. The van der Waals surface area contributed by atoms with Crippen molar-refractivity contribution in [1.29, 1.82) is 0 Å². The van der Waals surface area contributed by atoms with Crippen LogP contribution in [0.5, 0.6) is 11.5 Å². The standard InChI is InChI=1S/C23H20FNO3/c24-16-5-3-4-15(12-16)18-6-1-2-7-21(18)28-17-10-8-14-9-11-20(25)22(23(26)27)19(14)13-17/h1-8,10,12-13,20,22H,9,11,25H2,(H,26,27). The molecule has 0 saturated heterocycles. The fourth-order valence-corrected chi connectivity index (χ4v) is 3.77. The lowest BCUT2D eigenvalue weighted by Gasteiger charge is -2.28. The Labute approximate surface area is 162 Å². The number of para-hydroxylation sites is 1. The zero-order valence-corrected chi connectivity index (χ0v) is 15.1. The highest BCUT2D eigenvalue weighted by Crippen LogP contribution is 2.37. The molecule has 0 bridgehead atoms. The number of nitrogens with two attached hydrogens (primary N) is 1. The highest BCUT2D eigenvalue weighted by molar-refractivity contribution is 5.78. The molecule has 3 aromatic rings. The molecule has 4 rings (SSSR count). The summed E-state index contributed by atoms with van der Waals surface area (Å²) < 4.78 is 19.7. The van der Waals surface area contributed by atoms with Crippen molar-refractivity contribution in [3.05, 3.63) is 83.7 Å². The lowest BCUT2D eigenvalue weighted by molar-refractivity contribution is -0.139. The second-order valence-electron chi connectivity index (χ2n) is 6.99. The summed E-state index contributed by atoms with van der Waals surface area (Å²) in [6, 6.07) is 18.8. The predicted molar refractivity (Wildman–Crippen MR) is 105 cm³/mol. The average Bonchev–Trinajstić information content (AvgIpc) is 2.68. The first-order valence-electron chi connectivity index (χ1n) is 9.17. The van der Waals surface area contributed by atoms with Gasteiger partial charge >= 0.3 is 5.97 Å². The number of fused-ring (bicyclic) bond motifs is 1. The summed E-state index contributed by atoms with van der Waals surface area (Å²) in [6.07, 6.45) is 1.40. The van der Waals surface area contributed by atoms with Gasteiger partial charge in [0.15, 0.2) is 0 Å². The molecule has 2 unspecified atom stereocenters. The molecule has 0 fully saturated rings. The van der Waals surface area contributed by atoms with E-state index in [1.807, 2.05) is 36.4 Å². The Hall–Kier alpha value is -3.18. The first-order valence-corrected chi connectivity index (χ1v) is 9.17. The topological polar surface area (TPSA) is 72.5 Å². The number of carbonyl (C=O) groups is 1. The van der Waals surface area contributed by atoms with Gasteiger partial charge in [-0.15, -0.1) is 0 Å². The fraction of sp³-hybridized carbons (Fsp3) is 0.174. The van der Waals surface area contributed by atoms with Crippen LogP contribution in [0.4, 0.5) is 4.39 Å². The van der Waals surface area contributed by atoms with E-state index in [9.17, 15) is 14.3 Å². The largest absolute Gasteiger partial charge is 0.481 e. The summed E-state index contributed by atoms with van der Waals surface area (Å²) in [5, 5.41) is 9.60. The second kappa shape index (κ2) is 7.44. The molecular formula is C23H20FNO3. The molecule has 0 amide bonds. The summed E-state index contributed by atoms with van der Waals surface area (Å²) in [6.45, 7) is 0. The van der Waals surface area contributed by atoms with Gasteiger partial charge in [-0.1, -0.05) is 36.4 Å². The van der Waals surface area contributed by atoms with Gasteiger partial charge in [-0.3, -0.25) is 4.79 Å². The molecule has 0 saturated carbocycles. The quantitative estimate of drug-likeness (QED) is 0.690. The second-order valence-corrected chi connectivity index (χ2v) is 6.99. The summed E-state index contributed by atoms with van der Waals surface area (Å²) in [4.78, 5) is 11.7. The predicted octanol–water partition coefficient (Wildman–Crippen LogP) is 4.73. The van der Waals surface area contributed by atoms with Gasteiger partial charge in [0.2, 0.25) is 0 Å². The molecule has 0 spiro atoms. The molecule has 142 valence electrons. The van der Waals surface area contributed by atoms with Crippen LogP contribution >= 0.6 is 0 Å². The summed E-state index contributed by atoms with van der Waals surface area (Å²) in [5.41, 5.74) is 9.20. The van der Waals surface area contributed by atoms with Gasteiger partial charge in [0.1, 0.15) is 17.3 Å². The third-order valence-corrected chi connectivity index (χ3v) is 5.14. The highest BCUT2D eigenvalue weighted by atomic mass is 19.1. The molecule has 1 aliphatic carbocycles. The van der Waals surface area contributed by atoms with Crippen molar-refractivity contribution in [3.8, 4) is 22.6 Å².